The average molecular weight is 234 g/mol. The lowest BCUT2D eigenvalue weighted by Gasteiger charge is -1.92. The first-order valence-electron chi connectivity index (χ1n) is 4.61. The van der Waals surface area contributed by atoms with Crippen molar-refractivity contribution in [2.24, 2.45) is 0 Å². The van der Waals surface area contributed by atoms with E-state index >= 15 is 0 Å². The van der Waals surface area contributed by atoms with Crippen molar-refractivity contribution in [2.75, 3.05) is 0 Å². The molecule has 0 saturated heterocycles. The molecule has 16 heavy (non-hydrogen) atoms. The molecule has 6 heteroatoms. The van der Waals surface area contributed by atoms with Gasteiger partial charge < -0.3 is 0 Å². The highest BCUT2D eigenvalue weighted by Crippen LogP contribution is 2.01. The molecule has 80 valence electrons. The summed E-state index contributed by atoms with van der Waals surface area (Å²) in [6.45, 7) is 0.529. The number of halogens is 1. The standard InChI is InChI=1S/C10H8ClN5/c11-10-5-4-9(14-15-10)3-1-2-6-16-8-12-7-13-16/h4-5,7-8H,3,6H2. The highest BCUT2D eigenvalue weighted by Gasteiger charge is 1.92. The van der Waals surface area contributed by atoms with Crippen LogP contribution in [-0.4, -0.2) is 25.0 Å². The van der Waals surface area contributed by atoms with Gasteiger partial charge in [0.25, 0.3) is 0 Å². The van der Waals surface area contributed by atoms with Crippen LogP contribution in [0.4, 0.5) is 0 Å². The maximum Gasteiger partial charge on any atom is 0.151 e. The van der Waals surface area contributed by atoms with Gasteiger partial charge in [0.15, 0.2) is 5.15 Å². The van der Waals surface area contributed by atoms with Crippen LogP contribution in [0.25, 0.3) is 0 Å². The van der Waals surface area contributed by atoms with E-state index in [1.807, 2.05) is 0 Å². The molecular weight excluding hydrogens is 226 g/mol. The van der Waals surface area contributed by atoms with Gasteiger partial charge in [-0.05, 0) is 12.1 Å². The number of hydrogen-bond donors (Lipinski definition) is 0. The zero-order chi connectivity index (χ0) is 11.2. The van der Waals surface area contributed by atoms with E-state index in [-0.39, 0.29) is 0 Å². The Morgan fingerprint density at radius 3 is 2.88 bits per heavy atom. The van der Waals surface area contributed by atoms with Crippen molar-refractivity contribution in [1.82, 2.24) is 25.0 Å². The van der Waals surface area contributed by atoms with Gasteiger partial charge in [-0.1, -0.05) is 23.4 Å². The van der Waals surface area contributed by atoms with Gasteiger partial charge in [-0.3, -0.25) is 0 Å². The van der Waals surface area contributed by atoms with E-state index in [9.17, 15) is 0 Å². The predicted molar refractivity (Wildman–Crippen MR) is 58.5 cm³/mol. The number of aromatic nitrogens is 5. The fraction of sp³-hybridized carbons (Fsp3) is 0.200. The summed E-state index contributed by atoms with van der Waals surface area (Å²) in [5, 5.41) is 11.9. The molecule has 2 aromatic heterocycles. The van der Waals surface area contributed by atoms with Crippen LogP contribution in [0.5, 0.6) is 0 Å². The quantitative estimate of drug-likeness (QED) is 0.726. The minimum atomic E-state index is 0.388. The lowest BCUT2D eigenvalue weighted by molar-refractivity contribution is 0.713. The van der Waals surface area contributed by atoms with Crippen LogP contribution < -0.4 is 0 Å². The van der Waals surface area contributed by atoms with Crippen LogP contribution >= 0.6 is 11.6 Å². The second-order valence-corrected chi connectivity index (χ2v) is 3.36. The van der Waals surface area contributed by atoms with E-state index in [1.54, 1.807) is 23.1 Å². The van der Waals surface area contributed by atoms with E-state index in [1.165, 1.54) is 6.33 Å². The molecule has 0 aromatic carbocycles. The van der Waals surface area contributed by atoms with E-state index < -0.39 is 0 Å². The molecule has 0 saturated carbocycles. The molecule has 0 unspecified atom stereocenters. The molecule has 0 amide bonds. The van der Waals surface area contributed by atoms with Crippen molar-refractivity contribution >= 4 is 11.6 Å². The summed E-state index contributed by atoms with van der Waals surface area (Å²) in [5.41, 5.74) is 0.801. The summed E-state index contributed by atoms with van der Waals surface area (Å²) < 4.78 is 1.65. The summed E-state index contributed by atoms with van der Waals surface area (Å²) in [5.74, 6) is 5.94. The third-order valence-electron chi connectivity index (χ3n) is 1.79. The molecule has 0 fully saturated rings. The Balaban J connectivity index is 1.88. The SMILES string of the molecule is Clc1ccc(CC#CCn2cncn2)nn1. The molecule has 0 aliphatic carbocycles. The summed E-state index contributed by atoms with van der Waals surface area (Å²) >= 11 is 5.61. The monoisotopic (exact) mass is 233 g/mol. The molecule has 2 aromatic rings. The Hall–Kier alpha value is -1.93. The Labute approximate surface area is 97.5 Å². The zero-order valence-corrected chi connectivity index (χ0v) is 9.09. The lowest BCUT2D eigenvalue weighted by Crippen LogP contribution is -1.95. The van der Waals surface area contributed by atoms with Crippen LogP contribution in [0.15, 0.2) is 24.8 Å². The van der Waals surface area contributed by atoms with Crippen molar-refractivity contribution in [3.63, 3.8) is 0 Å². The van der Waals surface area contributed by atoms with Crippen molar-refractivity contribution < 1.29 is 0 Å². The third kappa shape index (κ3) is 3.04. The molecule has 0 radical (unpaired) electrons. The van der Waals surface area contributed by atoms with Crippen LogP contribution in [0.3, 0.4) is 0 Å². The van der Waals surface area contributed by atoms with Crippen LogP contribution in [0, 0.1) is 11.8 Å². The Morgan fingerprint density at radius 2 is 2.19 bits per heavy atom. The van der Waals surface area contributed by atoms with Gasteiger partial charge in [0.1, 0.15) is 19.2 Å². The smallest absolute Gasteiger partial charge is 0.151 e. The van der Waals surface area contributed by atoms with Gasteiger partial charge in [-0.2, -0.15) is 10.2 Å². The molecule has 0 atom stereocenters. The lowest BCUT2D eigenvalue weighted by atomic mass is 10.3. The normalized spacial score (nSPS) is 9.56. The number of nitrogens with zero attached hydrogens (tertiary/aromatic N) is 5. The van der Waals surface area contributed by atoms with E-state index in [4.69, 9.17) is 11.6 Å². The molecule has 0 N–H and O–H groups in total. The Bertz CT molecular complexity index is 494. The van der Waals surface area contributed by atoms with Gasteiger partial charge in [-0.25, -0.2) is 9.67 Å². The Morgan fingerprint density at radius 1 is 1.25 bits per heavy atom. The van der Waals surface area contributed by atoms with Crippen molar-refractivity contribution in [3.05, 3.63) is 35.6 Å². The first-order valence-corrected chi connectivity index (χ1v) is 4.98. The van der Waals surface area contributed by atoms with Crippen LogP contribution in [0.1, 0.15) is 5.69 Å². The molecule has 0 aliphatic heterocycles. The number of rotatable bonds is 2. The fourth-order valence-corrected chi connectivity index (χ4v) is 1.14. The minimum Gasteiger partial charge on any atom is -0.241 e. The van der Waals surface area contributed by atoms with Gasteiger partial charge in [0.2, 0.25) is 0 Å². The van der Waals surface area contributed by atoms with Crippen molar-refractivity contribution in [1.29, 1.82) is 0 Å². The van der Waals surface area contributed by atoms with Crippen LogP contribution in [-0.2, 0) is 13.0 Å². The molecule has 5 nitrogen and oxygen atoms in total. The highest BCUT2D eigenvalue weighted by atomic mass is 35.5. The largest absolute Gasteiger partial charge is 0.241 e. The highest BCUT2D eigenvalue weighted by molar-refractivity contribution is 6.29. The topological polar surface area (TPSA) is 56.5 Å². The number of hydrogen-bond acceptors (Lipinski definition) is 4. The first-order chi connectivity index (χ1) is 7.84. The maximum atomic E-state index is 5.61. The van der Waals surface area contributed by atoms with Crippen molar-refractivity contribution in [2.45, 2.75) is 13.0 Å². The molecule has 0 spiro atoms. The van der Waals surface area contributed by atoms with Crippen LogP contribution in [0.2, 0.25) is 5.15 Å². The predicted octanol–water partition coefficient (Wildman–Crippen LogP) is 0.968. The summed E-state index contributed by atoms with van der Waals surface area (Å²) in [4.78, 5) is 3.82. The zero-order valence-electron chi connectivity index (χ0n) is 8.34. The van der Waals surface area contributed by atoms with Gasteiger partial charge in [-0.15, -0.1) is 5.10 Å². The summed E-state index contributed by atoms with van der Waals surface area (Å²) in [6.07, 6.45) is 3.65. The first kappa shape index (κ1) is 10.6. The third-order valence-corrected chi connectivity index (χ3v) is 1.99. The molecule has 0 aliphatic rings. The average Bonchev–Trinajstić information content (AvgIpc) is 2.80. The summed E-state index contributed by atoms with van der Waals surface area (Å²) in [6, 6.07) is 3.50. The maximum absolute atomic E-state index is 5.61. The van der Waals surface area contributed by atoms with Gasteiger partial charge in [0, 0.05) is 0 Å². The molecule has 2 rings (SSSR count). The molecular formula is C10H8ClN5. The fourth-order valence-electron chi connectivity index (χ4n) is 1.04. The van der Waals surface area contributed by atoms with Gasteiger partial charge in [0.05, 0.1) is 12.1 Å². The van der Waals surface area contributed by atoms with Crippen molar-refractivity contribution in [3.8, 4) is 11.8 Å². The Kier molecular flexibility index (Phi) is 3.46. The van der Waals surface area contributed by atoms with E-state index in [0.717, 1.165) is 5.69 Å². The second kappa shape index (κ2) is 5.24. The molecule has 2 heterocycles. The minimum absolute atomic E-state index is 0.388. The summed E-state index contributed by atoms with van der Waals surface area (Å²) in [7, 11) is 0. The second-order valence-electron chi connectivity index (χ2n) is 2.97. The molecule has 0 bridgehead atoms. The van der Waals surface area contributed by atoms with E-state index in [0.29, 0.717) is 18.1 Å². The van der Waals surface area contributed by atoms with Gasteiger partial charge >= 0.3 is 0 Å². The van der Waals surface area contributed by atoms with E-state index in [2.05, 4.69) is 32.1 Å².